The molecule has 1 aliphatic rings. The van der Waals surface area contributed by atoms with Crippen LogP contribution in [0.1, 0.15) is 25.1 Å². The summed E-state index contributed by atoms with van der Waals surface area (Å²) >= 11 is 0. The molecular formula is C7H13N5O. The number of aryl methyl sites for hydroxylation is 1. The Balaban J connectivity index is 2.30. The minimum Gasteiger partial charge on any atom is -0.382 e. The maximum atomic E-state index is 10.2. The molecule has 1 aromatic heterocycles. The number of aromatic nitrogens is 4. The Morgan fingerprint density at radius 3 is 2.92 bits per heavy atom. The highest BCUT2D eigenvalue weighted by atomic mass is 16.3. The fraction of sp³-hybridized carbons (Fsp3) is 0.857. The summed E-state index contributed by atoms with van der Waals surface area (Å²) in [4.78, 5) is 0. The van der Waals surface area contributed by atoms with Crippen molar-refractivity contribution in [3.05, 3.63) is 5.82 Å². The van der Waals surface area contributed by atoms with Crippen molar-refractivity contribution in [1.82, 2.24) is 20.2 Å². The number of tetrazole rings is 1. The third kappa shape index (κ3) is 1.31. The van der Waals surface area contributed by atoms with Gasteiger partial charge in [-0.15, -0.1) is 5.10 Å². The predicted molar refractivity (Wildman–Crippen MR) is 44.5 cm³/mol. The van der Waals surface area contributed by atoms with Crippen LogP contribution in [0.5, 0.6) is 0 Å². The molecule has 3 N–H and O–H groups in total. The van der Waals surface area contributed by atoms with E-state index in [9.17, 15) is 5.11 Å². The molecule has 1 heterocycles. The van der Waals surface area contributed by atoms with E-state index in [4.69, 9.17) is 5.73 Å². The summed E-state index contributed by atoms with van der Waals surface area (Å²) in [5, 5.41) is 21.1. The van der Waals surface area contributed by atoms with Crippen LogP contribution in [0.25, 0.3) is 0 Å². The molecule has 2 rings (SSSR count). The zero-order chi connectivity index (χ0) is 9.47. The van der Waals surface area contributed by atoms with Gasteiger partial charge in [0.1, 0.15) is 5.60 Å². The Morgan fingerprint density at radius 2 is 2.46 bits per heavy atom. The van der Waals surface area contributed by atoms with E-state index in [1.807, 2.05) is 0 Å². The molecule has 1 aliphatic carbocycles. The summed E-state index contributed by atoms with van der Waals surface area (Å²) in [5.41, 5.74) is 4.81. The quantitative estimate of drug-likeness (QED) is 0.577. The van der Waals surface area contributed by atoms with Crippen LogP contribution in [0.4, 0.5) is 0 Å². The van der Waals surface area contributed by atoms with E-state index in [-0.39, 0.29) is 6.04 Å². The van der Waals surface area contributed by atoms with Gasteiger partial charge in [-0.3, -0.25) is 0 Å². The first-order chi connectivity index (χ1) is 6.12. The fourth-order valence-corrected chi connectivity index (χ4v) is 1.89. The molecule has 72 valence electrons. The molecule has 1 saturated carbocycles. The molecule has 0 aromatic carbocycles. The zero-order valence-electron chi connectivity index (χ0n) is 7.51. The number of hydrogen-bond acceptors (Lipinski definition) is 5. The van der Waals surface area contributed by atoms with Crippen molar-refractivity contribution >= 4 is 0 Å². The van der Waals surface area contributed by atoms with Gasteiger partial charge in [-0.25, -0.2) is 4.68 Å². The average Bonchev–Trinajstić information content (AvgIpc) is 2.59. The largest absolute Gasteiger partial charge is 0.382 e. The second-order valence-electron chi connectivity index (χ2n) is 3.66. The maximum absolute atomic E-state index is 10.2. The summed E-state index contributed by atoms with van der Waals surface area (Å²) in [5.74, 6) is 0.514. The lowest BCUT2D eigenvalue weighted by atomic mass is 10.0. The topological polar surface area (TPSA) is 89.8 Å². The van der Waals surface area contributed by atoms with Crippen LogP contribution in [-0.2, 0) is 12.6 Å². The van der Waals surface area contributed by atoms with E-state index < -0.39 is 5.60 Å². The van der Waals surface area contributed by atoms with E-state index in [0.29, 0.717) is 18.7 Å². The lowest BCUT2D eigenvalue weighted by Gasteiger charge is -2.19. The number of rotatable bonds is 1. The summed E-state index contributed by atoms with van der Waals surface area (Å²) in [7, 11) is 1.72. The summed E-state index contributed by atoms with van der Waals surface area (Å²) in [6.07, 6.45) is 2.01. The minimum absolute atomic E-state index is 0.0571. The van der Waals surface area contributed by atoms with E-state index in [2.05, 4.69) is 15.5 Å². The minimum atomic E-state index is -0.919. The first-order valence-corrected chi connectivity index (χ1v) is 4.32. The van der Waals surface area contributed by atoms with Crippen molar-refractivity contribution in [1.29, 1.82) is 0 Å². The molecular weight excluding hydrogens is 170 g/mol. The second kappa shape index (κ2) is 2.74. The van der Waals surface area contributed by atoms with Crippen molar-refractivity contribution in [2.75, 3.05) is 0 Å². The van der Waals surface area contributed by atoms with Crippen LogP contribution >= 0.6 is 0 Å². The number of nitrogens with zero attached hydrogens (tertiary/aromatic N) is 4. The number of nitrogens with two attached hydrogens (primary N) is 1. The van der Waals surface area contributed by atoms with Crippen LogP contribution in [0.3, 0.4) is 0 Å². The Morgan fingerprint density at radius 1 is 1.69 bits per heavy atom. The van der Waals surface area contributed by atoms with Gasteiger partial charge in [0.25, 0.3) is 0 Å². The van der Waals surface area contributed by atoms with Crippen molar-refractivity contribution in [3.8, 4) is 0 Å². The van der Waals surface area contributed by atoms with Gasteiger partial charge in [-0.05, 0) is 29.7 Å². The molecule has 0 saturated heterocycles. The van der Waals surface area contributed by atoms with E-state index in [1.165, 1.54) is 4.68 Å². The van der Waals surface area contributed by atoms with Gasteiger partial charge in [-0.2, -0.15) is 0 Å². The predicted octanol–water partition coefficient (Wildman–Crippen LogP) is -1.09. The Kier molecular flexibility index (Phi) is 1.81. The molecule has 0 amide bonds. The number of aliphatic hydroxyl groups is 1. The van der Waals surface area contributed by atoms with Crippen LogP contribution in [0, 0.1) is 0 Å². The molecule has 1 fully saturated rings. The zero-order valence-corrected chi connectivity index (χ0v) is 7.51. The first kappa shape index (κ1) is 8.58. The van der Waals surface area contributed by atoms with E-state index in [0.717, 1.165) is 6.42 Å². The summed E-state index contributed by atoms with van der Waals surface area (Å²) < 4.78 is 1.50. The molecule has 0 bridgehead atoms. The van der Waals surface area contributed by atoms with Crippen LogP contribution in [-0.4, -0.2) is 31.4 Å². The third-order valence-corrected chi connectivity index (χ3v) is 2.56. The standard InChI is InChI=1S/C7H13N5O/c1-12-6(9-10-11-12)7(13)3-2-5(8)4-7/h5,13H,2-4,8H2,1H3. The first-order valence-electron chi connectivity index (χ1n) is 4.32. The van der Waals surface area contributed by atoms with Gasteiger partial charge >= 0.3 is 0 Å². The number of hydrogen-bond donors (Lipinski definition) is 2. The third-order valence-electron chi connectivity index (χ3n) is 2.56. The Bertz CT molecular complexity index is 312. The normalized spacial score (nSPS) is 33.9. The summed E-state index contributed by atoms with van der Waals surface area (Å²) in [6.45, 7) is 0. The second-order valence-corrected chi connectivity index (χ2v) is 3.66. The maximum Gasteiger partial charge on any atom is 0.182 e. The lowest BCUT2D eigenvalue weighted by molar-refractivity contribution is 0.0299. The average molecular weight is 183 g/mol. The lowest BCUT2D eigenvalue weighted by Crippen LogP contribution is -2.28. The van der Waals surface area contributed by atoms with Crippen molar-refractivity contribution in [2.45, 2.75) is 30.9 Å². The van der Waals surface area contributed by atoms with Gasteiger partial charge in [-0.1, -0.05) is 0 Å². The van der Waals surface area contributed by atoms with Crippen LogP contribution in [0.2, 0.25) is 0 Å². The van der Waals surface area contributed by atoms with Crippen molar-refractivity contribution < 1.29 is 5.11 Å². The molecule has 13 heavy (non-hydrogen) atoms. The van der Waals surface area contributed by atoms with Crippen LogP contribution in [0.15, 0.2) is 0 Å². The van der Waals surface area contributed by atoms with E-state index in [1.54, 1.807) is 7.05 Å². The van der Waals surface area contributed by atoms with Crippen molar-refractivity contribution in [3.63, 3.8) is 0 Å². The highest BCUT2D eigenvalue weighted by Crippen LogP contribution is 2.36. The smallest absolute Gasteiger partial charge is 0.182 e. The van der Waals surface area contributed by atoms with Gasteiger partial charge in [0.05, 0.1) is 0 Å². The van der Waals surface area contributed by atoms with Gasteiger partial charge in [0.15, 0.2) is 5.82 Å². The molecule has 1 aromatic rings. The monoisotopic (exact) mass is 183 g/mol. The summed E-state index contributed by atoms with van der Waals surface area (Å²) in [6, 6.07) is 0.0571. The van der Waals surface area contributed by atoms with Gasteiger partial charge in [0.2, 0.25) is 0 Å². The SMILES string of the molecule is Cn1nnnc1C1(O)CCC(N)C1. The van der Waals surface area contributed by atoms with E-state index >= 15 is 0 Å². The van der Waals surface area contributed by atoms with Crippen molar-refractivity contribution in [2.24, 2.45) is 12.8 Å². The fourth-order valence-electron chi connectivity index (χ4n) is 1.89. The molecule has 6 heteroatoms. The highest BCUT2D eigenvalue weighted by molar-refractivity contribution is 5.04. The molecule has 0 aliphatic heterocycles. The Hall–Kier alpha value is -1.01. The molecule has 6 nitrogen and oxygen atoms in total. The highest BCUT2D eigenvalue weighted by Gasteiger charge is 2.41. The molecule has 0 spiro atoms. The molecule has 2 atom stereocenters. The Labute approximate surface area is 75.7 Å². The van der Waals surface area contributed by atoms with Gasteiger partial charge in [0, 0.05) is 13.1 Å². The van der Waals surface area contributed by atoms with Gasteiger partial charge < -0.3 is 10.8 Å². The van der Waals surface area contributed by atoms with Crippen LogP contribution < -0.4 is 5.73 Å². The molecule has 0 radical (unpaired) electrons. The molecule has 2 unspecified atom stereocenters.